The summed E-state index contributed by atoms with van der Waals surface area (Å²) >= 11 is 6.02. The lowest BCUT2D eigenvalue weighted by molar-refractivity contribution is -0.116. The lowest BCUT2D eigenvalue weighted by atomic mass is 10.2. The van der Waals surface area contributed by atoms with Crippen LogP contribution in [0.3, 0.4) is 0 Å². The third-order valence-corrected chi connectivity index (χ3v) is 3.86. The van der Waals surface area contributed by atoms with Gasteiger partial charge in [0.15, 0.2) is 0 Å². The highest BCUT2D eigenvalue weighted by atomic mass is 35.5. The second-order valence-corrected chi connectivity index (χ2v) is 5.72. The van der Waals surface area contributed by atoms with Crippen LogP contribution in [0.25, 0.3) is 10.9 Å². The van der Waals surface area contributed by atoms with E-state index in [9.17, 15) is 4.79 Å². The van der Waals surface area contributed by atoms with Crippen LogP contribution in [-0.2, 0) is 4.79 Å². The van der Waals surface area contributed by atoms with E-state index in [-0.39, 0.29) is 5.91 Å². The van der Waals surface area contributed by atoms with Gasteiger partial charge in [-0.25, -0.2) is 0 Å². The Morgan fingerprint density at radius 3 is 2.79 bits per heavy atom. The van der Waals surface area contributed by atoms with Gasteiger partial charge in [-0.1, -0.05) is 41.9 Å². The van der Waals surface area contributed by atoms with E-state index in [0.717, 1.165) is 16.6 Å². The minimum absolute atomic E-state index is 0.0593. The number of hydrogen-bond donors (Lipinski definition) is 1. The number of ether oxygens (including phenoxy) is 1. The van der Waals surface area contributed by atoms with Gasteiger partial charge in [0, 0.05) is 18.0 Å². The number of carbonyl (C=O) groups is 1. The SMILES string of the molecule is O=C(CCCOc1ccccc1Cl)Nc1cccc2cccnc12. The summed E-state index contributed by atoms with van der Waals surface area (Å²) in [7, 11) is 0. The lowest BCUT2D eigenvalue weighted by Crippen LogP contribution is -2.13. The topological polar surface area (TPSA) is 51.2 Å². The van der Waals surface area contributed by atoms with Crippen molar-refractivity contribution in [1.82, 2.24) is 4.98 Å². The molecular formula is C19H17ClN2O2. The monoisotopic (exact) mass is 340 g/mol. The molecule has 0 atom stereocenters. The molecule has 5 heteroatoms. The summed E-state index contributed by atoms with van der Waals surface area (Å²) in [6.45, 7) is 0.435. The fraction of sp³-hybridized carbons (Fsp3) is 0.158. The average Bonchev–Trinajstić information content (AvgIpc) is 2.60. The van der Waals surface area contributed by atoms with E-state index >= 15 is 0 Å². The first kappa shape index (κ1) is 16.3. The number of pyridine rings is 1. The molecule has 122 valence electrons. The number of benzene rings is 2. The number of anilines is 1. The Bertz CT molecular complexity index is 846. The summed E-state index contributed by atoms with van der Waals surface area (Å²) in [4.78, 5) is 16.4. The van der Waals surface area contributed by atoms with E-state index in [0.29, 0.717) is 30.2 Å². The van der Waals surface area contributed by atoms with Crippen molar-refractivity contribution in [3.63, 3.8) is 0 Å². The predicted molar refractivity (Wildman–Crippen MR) is 96.6 cm³/mol. The molecule has 1 amide bonds. The number of halogens is 1. The van der Waals surface area contributed by atoms with Crippen LogP contribution in [-0.4, -0.2) is 17.5 Å². The van der Waals surface area contributed by atoms with Gasteiger partial charge in [0.25, 0.3) is 0 Å². The Kier molecular flexibility index (Phi) is 5.29. The molecule has 0 radical (unpaired) electrons. The first-order valence-electron chi connectivity index (χ1n) is 7.75. The summed E-state index contributed by atoms with van der Waals surface area (Å²) in [5.41, 5.74) is 1.52. The number of amides is 1. The average molecular weight is 341 g/mol. The molecule has 0 bridgehead atoms. The smallest absolute Gasteiger partial charge is 0.224 e. The number of fused-ring (bicyclic) bond motifs is 1. The Morgan fingerprint density at radius 1 is 1.08 bits per heavy atom. The molecule has 2 aromatic carbocycles. The van der Waals surface area contributed by atoms with Crippen molar-refractivity contribution in [1.29, 1.82) is 0 Å². The van der Waals surface area contributed by atoms with E-state index in [1.165, 1.54) is 0 Å². The second kappa shape index (κ2) is 7.79. The largest absolute Gasteiger partial charge is 0.492 e. The number of carbonyl (C=O) groups excluding carboxylic acids is 1. The summed E-state index contributed by atoms with van der Waals surface area (Å²) < 4.78 is 5.58. The van der Waals surface area contributed by atoms with Crippen molar-refractivity contribution < 1.29 is 9.53 Å². The van der Waals surface area contributed by atoms with Crippen LogP contribution >= 0.6 is 11.6 Å². The van der Waals surface area contributed by atoms with Gasteiger partial charge >= 0.3 is 0 Å². The van der Waals surface area contributed by atoms with E-state index < -0.39 is 0 Å². The lowest BCUT2D eigenvalue weighted by Gasteiger charge is -2.09. The Hall–Kier alpha value is -2.59. The van der Waals surface area contributed by atoms with Crippen LogP contribution in [0.2, 0.25) is 5.02 Å². The molecule has 0 spiro atoms. The highest BCUT2D eigenvalue weighted by Crippen LogP contribution is 2.23. The maximum Gasteiger partial charge on any atom is 0.224 e. The highest BCUT2D eigenvalue weighted by molar-refractivity contribution is 6.32. The van der Waals surface area contributed by atoms with Crippen LogP contribution < -0.4 is 10.1 Å². The zero-order chi connectivity index (χ0) is 16.8. The van der Waals surface area contributed by atoms with Gasteiger partial charge in [0.1, 0.15) is 5.75 Å². The van der Waals surface area contributed by atoms with Crippen molar-refractivity contribution in [2.24, 2.45) is 0 Å². The first-order valence-corrected chi connectivity index (χ1v) is 8.13. The molecule has 0 aliphatic rings. The molecule has 0 aliphatic carbocycles. The fourth-order valence-corrected chi connectivity index (χ4v) is 2.58. The number of nitrogens with one attached hydrogen (secondary N) is 1. The second-order valence-electron chi connectivity index (χ2n) is 5.31. The van der Waals surface area contributed by atoms with Crippen molar-refractivity contribution in [2.45, 2.75) is 12.8 Å². The number of para-hydroxylation sites is 2. The van der Waals surface area contributed by atoms with Crippen LogP contribution in [0.4, 0.5) is 5.69 Å². The minimum Gasteiger partial charge on any atom is -0.492 e. The molecule has 0 unspecified atom stereocenters. The van der Waals surface area contributed by atoms with Crippen molar-refractivity contribution >= 4 is 34.1 Å². The van der Waals surface area contributed by atoms with Crippen molar-refractivity contribution in [3.05, 3.63) is 65.8 Å². The molecule has 1 aromatic heterocycles. The summed E-state index contributed by atoms with van der Waals surface area (Å²) in [6.07, 6.45) is 2.69. The Balaban J connectivity index is 1.51. The minimum atomic E-state index is -0.0593. The van der Waals surface area contributed by atoms with E-state index in [4.69, 9.17) is 16.3 Å². The van der Waals surface area contributed by atoms with Gasteiger partial charge in [-0.3, -0.25) is 9.78 Å². The Labute approximate surface area is 145 Å². The molecule has 0 aliphatic heterocycles. The predicted octanol–water partition coefficient (Wildman–Crippen LogP) is 4.69. The first-order chi connectivity index (χ1) is 11.7. The number of nitrogens with zero attached hydrogens (tertiary/aromatic N) is 1. The molecule has 4 nitrogen and oxygen atoms in total. The summed E-state index contributed by atoms with van der Waals surface area (Å²) in [5, 5.41) is 4.48. The normalized spacial score (nSPS) is 10.5. The number of rotatable bonds is 6. The Morgan fingerprint density at radius 2 is 1.92 bits per heavy atom. The maximum absolute atomic E-state index is 12.1. The molecule has 24 heavy (non-hydrogen) atoms. The van der Waals surface area contributed by atoms with Gasteiger partial charge in [0.05, 0.1) is 22.8 Å². The van der Waals surface area contributed by atoms with Gasteiger partial charge in [-0.05, 0) is 30.7 Å². The molecule has 3 rings (SSSR count). The van der Waals surface area contributed by atoms with Gasteiger partial charge in [-0.15, -0.1) is 0 Å². The van der Waals surface area contributed by atoms with E-state index in [1.807, 2.05) is 48.5 Å². The van der Waals surface area contributed by atoms with E-state index in [2.05, 4.69) is 10.3 Å². The standard InChI is InChI=1S/C19H17ClN2O2/c20-15-8-1-2-10-17(15)24-13-5-11-18(23)22-16-9-3-6-14-7-4-12-21-19(14)16/h1-4,6-10,12H,5,11,13H2,(H,22,23). The quantitative estimate of drug-likeness (QED) is 0.662. The van der Waals surface area contributed by atoms with Crippen molar-refractivity contribution in [2.75, 3.05) is 11.9 Å². The van der Waals surface area contributed by atoms with Crippen LogP contribution in [0.15, 0.2) is 60.8 Å². The molecule has 0 saturated carbocycles. The zero-order valence-electron chi connectivity index (χ0n) is 13.0. The maximum atomic E-state index is 12.1. The molecule has 3 aromatic rings. The number of aromatic nitrogens is 1. The number of hydrogen-bond acceptors (Lipinski definition) is 3. The van der Waals surface area contributed by atoms with Crippen LogP contribution in [0, 0.1) is 0 Å². The molecular weight excluding hydrogens is 324 g/mol. The van der Waals surface area contributed by atoms with Gasteiger partial charge in [0.2, 0.25) is 5.91 Å². The molecule has 1 N–H and O–H groups in total. The van der Waals surface area contributed by atoms with Crippen molar-refractivity contribution in [3.8, 4) is 5.75 Å². The summed E-state index contributed by atoms with van der Waals surface area (Å²) in [6, 6.07) is 16.9. The third-order valence-electron chi connectivity index (χ3n) is 3.55. The fourth-order valence-electron chi connectivity index (χ4n) is 2.39. The molecule has 0 fully saturated rings. The van der Waals surface area contributed by atoms with Crippen LogP contribution in [0.5, 0.6) is 5.75 Å². The zero-order valence-corrected chi connectivity index (χ0v) is 13.8. The third kappa shape index (κ3) is 4.03. The van der Waals surface area contributed by atoms with Gasteiger partial charge in [-0.2, -0.15) is 0 Å². The van der Waals surface area contributed by atoms with Crippen LogP contribution in [0.1, 0.15) is 12.8 Å². The van der Waals surface area contributed by atoms with E-state index in [1.54, 1.807) is 12.3 Å². The summed E-state index contributed by atoms with van der Waals surface area (Å²) in [5.74, 6) is 0.578. The molecule has 1 heterocycles. The molecule has 0 saturated heterocycles. The highest BCUT2D eigenvalue weighted by Gasteiger charge is 2.07. The van der Waals surface area contributed by atoms with Gasteiger partial charge < -0.3 is 10.1 Å².